The lowest BCUT2D eigenvalue weighted by atomic mass is 9.99. The fraction of sp³-hybridized carbons (Fsp3) is 0.333. The minimum atomic E-state index is -0.351. The van der Waals surface area contributed by atoms with E-state index in [-0.39, 0.29) is 24.2 Å². The number of nitrogens with zero attached hydrogens (tertiary/aromatic N) is 1. The van der Waals surface area contributed by atoms with Crippen LogP contribution in [0, 0.1) is 11.7 Å². The number of piperidine rings is 1. The van der Waals surface area contributed by atoms with Gasteiger partial charge in [-0.25, -0.2) is 4.39 Å². The first-order valence-corrected chi connectivity index (χ1v) is 8.95. The van der Waals surface area contributed by atoms with Gasteiger partial charge in [-0.2, -0.15) is 0 Å². The SMILES string of the molecule is CC1CCCN(C(=O)c2cccc(C(=O)NCc3ccccc3F)c2)C1. The molecule has 136 valence electrons. The number of likely N-dealkylation sites (tertiary alicyclic amines) is 1. The number of rotatable bonds is 4. The van der Waals surface area contributed by atoms with Crippen LogP contribution in [0.1, 0.15) is 46.0 Å². The monoisotopic (exact) mass is 354 g/mol. The zero-order chi connectivity index (χ0) is 18.5. The molecule has 2 amide bonds. The predicted molar refractivity (Wildman–Crippen MR) is 98.3 cm³/mol. The van der Waals surface area contributed by atoms with Gasteiger partial charge in [0.05, 0.1) is 0 Å². The number of benzene rings is 2. The number of hydrogen-bond donors (Lipinski definition) is 1. The lowest BCUT2D eigenvalue weighted by Gasteiger charge is -2.31. The fourth-order valence-corrected chi connectivity index (χ4v) is 3.27. The first-order valence-electron chi connectivity index (χ1n) is 8.95. The summed E-state index contributed by atoms with van der Waals surface area (Å²) in [6.07, 6.45) is 2.15. The maximum absolute atomic E-state index is 13.6. The summed E-state index contributed by atoms with van der Waals surface area (Å²) in [5.41, 5.74) is 1.34. The summed E-state index contributed by atoms with van der Waals surface area (Å²) in [5, 5.41) is 2.70. The Balaban J connectivity index is 1.67. The van der Waals surface area contributed by atoms with Crippen molar-refractivity contribution >= 4 is 11.8 Å². The van der Waals surface area contributed by atoms with Gasteiger partial charge in [-0.3, -0.25) is 9.59 Å². The second kappa shape index (κ2) is 8.13. The first-order chi connectivity index (χ1) is 12.5. The molecule has 1 N–H and O–H groups in total. The van der Waals surface area contributed by atoms with Gasteiger partial charge in [-0.1, -0.05) is 31.2 Å². The fourth-order valence-electron chi connectivity index (χ4n) is 3.27. The molecule has 1 aliphatic heterocycles. The van der Waals surface area contributed by atoms with E-state index in [0.717, 1.165) is 25.9 Å². The van der Waals surface area contributed by atoms with E-state index in [2.05, 4.69) is 12.2 Å². The molecule has 0 radical (unpaired) electrons. The summed E-state index contributed by atoms with van der Waals surface area (Å²) in [7, 11) is 0. The molecule has 3 rings (SSSR count). The second-order valence-corrected chi connectivity index (χ2v) is 6.85. The molecule has 0 aliphatic carbocycles. The molecule has 1 aliphatic rings. The summed E-state index contributed by atoms with van der Waals surface area (Å²) in [5.74, 6) is -0.217. The van der Waals surface area contributed by atoms with Gasteiger partial charge in [0.25, 0.3) is 11.8 Å². The quantitative estimate of drug-likeness (QED) is 0.911. The third-order valence-corrected chi connectivity index (χ3v) is 4.71. The maximum atomic E-state index is 13.6. The topological polar surface area (TPSA) is 49.4 Å². The highest BCUT2D eigenvalue weighted by atomic mass is 19.1. The maximum Gasteiger partial charge on any atom is 0.253 e. The van der Waals surface area contributed by atoms with Crippen molar-refractivity contribution in [3.63, 3.8) is 0 Å². The molecule has 0 saturated carbocycles. The average Bonchev–Trinajstić information content (AvgIpc) is 2.66. The Hall–Kier alpha value is -2.69. The van der Waals surface area contributed by atoms with Crippen molar-refractivity contribution < 1.29 is 14.0 Å². The van der Waals surface area contributed by atoms with Crippen LogP contribution in [0.2, 0.25) is 0 Å². The van der Waals surface area contributed by atoms with Gasteiger partial charge in [0.2, 0.25) is 0 Å². The lowest BCUT2D eigenvalue weighted by Crippen LogP contribution is -2.39. The normalized spacial score (nSPS) is 17.0. The number of amides is 2. The Morgan fingerprint density at radius 2 is 1.92 bits per heavy atom. The van der Waals surface area contributed by atoms with Crippen LogP contribution in [0.25, 0.3) is 0 Å². The van der Waals surface area contributed by atoms with E-state index < -0.39 is 0 Å². The van der Waals surface area contributed by atoms with Crippen LogP contribution < -0.4 is 5.32 Å². The molecule has 0 spiro atoms. The van der Waals surface area contributed by atoms with Crippen molar-refractivity contribution in [2.24, 2.45) is 5.92 Å². The molecular weight excluding hydrogens is 331 g/mol. The Morgan fingerprint density at radius 1 is 1.15 bits per heavy atom. The molecule has 1 fully saturated rings. The number of nitrogens with one attached hydrogen (secondary N) is 1. The van der Waals surface area contributed by atoms with E-state index in [0.29, 0.717) is 22.6 Å². The van der Waals surface area contributed by atoms with Crippen molar-refractivity contribution in [1.82, 2.24) is 10.2 Å². The van der Waals surface area contributed by atoms with Crippen LogP contribution in [0.5, 0.6) is 0 Å². The minimum absolute atomic E-state index is 0.0414. The summed E-state index contributed by atoms with van der Waals surface area (Å²) in [6.45, 7) is 3.76. The molecule has 1 atom stereocenters. The van der Waals surface area contributed by atoms with Crippen LogP contribution >= 0.6 is 0 Å². The van der Waals surface area contributed by atoms with Gasteiger partial charge in [0.15, 0.2) is 0 Å². The highest BCUT2D eigenvalue weighted by Crippen LogP contribution is 2.18. The standard InChI is InChI=1S/C21H23FN2O2/c1-15-6-5-11-24(14-15)21(26)17-9-4-8-16(12-17)20(25)23-13-18-7-2-3-10-19(18)22/h2-4,7-10,12,15H,5-6,11,13-14H2,1H3,(H,23,25). The molecule has 0 aromatic heterocycles. The highest BCUT2D eigenvalue weighted by molar-refractivity contribution is 5.99. The Bertz CT molecular complexity index is 806. The molecule has 1 heterocycles. The third kappa shape index (κ3) is 4.28. The molecule has 1 unspecified atom stereocenters. The van der Waals surface area contributed by atoms with Crippen molar-refractivity contribution in [2.75, 3.05) is 13.1 Å². The zero-order valence-electron chi connectivity index (χ0n) is 14.9. The van der Waals surface area contributed by atoms with Gasteiger partial charge in [-0.15, -0.1) is 0 Å². The summed E-state index contributed by atoms with van der Waals surface area (Å²) in [6, 6.07) is 13.0. The van der Waals surface area contributed by atoms with Crippen molar-refractivity contribution in [3.8, 4) is 0 Å². The average molecular weight is 354 g/mol. The van der Waals surface area contributed by atoms with E-state index in [9.17, 15) is 14.0 Å². The number of carbonyl (C=O) groups excluding carboxylic acids is 2. The molecule has 2 aromatic carbocycles. The number of carbonyl (C=O) groups is 2. The van der Waals surface area contributed by atoms with Gasteiger partial charge >= 0.3 is 0 Å². The van der Waals surface area contributed by atoms with Gasteiger partial charge in [0, 0.05) is 36.3 Å². The van der Waals surface area contributed by atoms with Gasteiger partial charge in [-0.05, 0) is 43.0 Å². The van der Waals surface area contributed by atoms with Crippen LogP contribution in [0.15, 0.2) is 48.5 Å². The van der Waals surface area contributed by atoms with E-state index >= 15 is 0 Å². The summed E-state index contributed by atoms with van der Waals surface area (Å²) >= 11 is 0. The Labute approximate surface area is 153 Å². The summed E-state index contributed by atoms with van der Waals surface area (Å²) in [4.78, 5) is 26.9. The van der Waals surface area contributed by atoms with E-state index in [4.69, 9.17) is 0 Å². The number of halogens is 1. The van der Waals surface area contributed by atoms with Gasteiger partial charge < -0.3 is 10.2 Å². The Morgan fingerprint density at radius 3 is 2.69 bits per heavy atom. The van der Waals surface area contributed by atoms with E-state index in [1.165, 1.54) is 6.07 Å². The minimum Gasteiger partial charge on any atom is -0.348 e. The lowest BCUT2D eigenvalue weighted by molar-refractivity contribution is 0.0683. The van der Waals surface area contributed by atoms with Crippen LogP contribution in [0.3, 0.4) is 0 Å². The zero-order valence-corrected chi connectivity index (χ0v) is 14.9. The molecule has 5 heteroatoms. The number of hydrogen-bond acceptors (Lipinski definition) is 2. The predicted octanol–water partition coefficient (Wildman–Crippen LogP) is 3.63. The van der Waals surface area contributed by atoms with Crippen molar-refractivity contribution in [2.45, 2.75) is 26.3 Å². The summed E-state index contributed by atoms with van der Waals surface area (Å²) < 4.78 is 13.6. The van der Waals surface area contributed by atoms with E-state index in [1.54, 1.807) is 42.5 Å². The van der Waals surface area contributed by atoms with Crippen LogP contribution in [-0.4, -0.2) is 29.8 Å². The van der Waals surface area contributed by atoms with E-state index in [1.807, 2.05) is 4.90 Å². The van der Waals surface area contributed by atoms with Crippen molar-refractivity contribution in [3.05, 3.63) is 71.0 Å². The van der Waals surface area contributed by atoms with Crippen LogP contribution in [-0.2, 0) is 6.54 Å². The van der Waals surface area contributed by atoms with Gasteiger partial charge in [0.1, 0.15) is 5.82 Å². The Kier molecular flexibility index (Phi) is 5.66. The van der Waals surface area contributed by atoms with Crippen molar-refractivity contribution in [1.29, 1.82) is 0 Å². The van der Waals surface area contributed by atoms with Crippen LogP contribution in [0.4, 0.5) is 4.39 Å². The third-order valence-electron chi connectivity index (χ3n) is 4.71. The first kappa shape index (κ1) is 18.1. The molecular formula is C21H23FN2O2. The smallest absolute Gasteiger partial charge is 0.253 e. The molecule has 0 bridgehead atoms. The molecule has 2 aromatic rings. The largest absolute Gasteiger partial charge is 0.348 e. The molecule has 1 saturated heterocycles. The highest BCUT2D eigenvalue weighted by Gasteiger charge is 2.22. The second-order valence-electron chi connectivity index (χ2n) is 6.85. The molecule has 26 heavy (non-hydrogen) atoms. The molecule has 4 nitrogen and oxygen atoms in total.